The first-order valence-corrected chi connectivity index (χ1v) is 6.01. The molecule has 0 aliphatic rings. The highest BCUT2D eigenvalue weighted by Gasteiger charge is 2.09. The maximum Gasteiger partial charge on any atom is 0.0304 e. The van der Waals surface area contributed by atoms with Crippen LogP contribution in [0.4, 0.5) is 0 Å². The van der Waals surface area contributed by atoms with Crippen LogP contribution in [0.2, 0.25) is 0 Å². The summed E-state index contributed by atoms with van der Waals surface area (Å²) in [6.07, 6.45) is 10.2. The molecule has 0 aliphatic carbocycles. The van der Waals surface area contributed by atoms with E-state index in [1.807, 2.05) is 6.08 Å². The number of unbranched alkanes of at least 4 members (excludes halogenated alkanes) is 5. The van der Waals surface area contributed by atoms with Crippen molar-refractivity contribution in [1.82, 2.24) is 5.32 Å². The minimum atomic E-state index is 0. The van der Waals surface area contributed by atoms with E-state index in [0.717, 1.165) is 6.54 Å². The molecule has 0 rings (SSSR count). The SMILES string of the molecule is C=CC(C)(C)NCCCCCCCC.Cl. The molecule has 0 amide bonds. The van der Waals surface area contributed by atoms with Crippen molar-refractivity contribution < 1.29 is 0 Å². The largest absolute Gasteiger partial charge is 0.308 e. The van der Waals surface area contributed by atoms with Gasteiger partial charge in [-0.05, 0) is 26.8 Å². The quantitative estimate of drug-likeness (QED) is 0.462. The summed E-state index contributed by atoms with van der Waals surface area (Å²) in [7, 11) is 0. The molecule has 0 unspecified atom stereocenters. The molecule has 0 saturated carbocycles. The predicted octanol–water partition coefficient (Wildman–Crippen LogP) is 4.32. The Kier molecular flexibility index (Phi) is 12.2. The highest BCUT2D eigenvalue weighted by Crippen LogP contribution is 2.06. The average molecular weight is 234 g/mol. The van der Waals surface area contributed by atoms with Gasteiger partial charge in [0.05, 0.1) is 0 Å². The second-order valence-electron chi connectivity index (χ2n) is 4.62. The van der Waals surface area contributed by atoms with Gasteiger partial charge in [0.15, 0.2) is 0 Å². The third-order valence-electron chi connectivity index (χ3n) is 2.62. The summed E-state index contributed by atoms with van der Waals surface area (Å²) >= 11 is 0. The maximum absolute atomic E-state index is 3.81. The average Bonchev–Trinajstić information content (AvgIpc) is 2.16. The van der Waals surface area contributed by atoms with Gasteiger partial charge in [0, 0.05) is 5.54 Å². The van der Waals surface area contributed by atoms with Crippen molar-refractivity contribution in [3.63, 3.8) is 0 Å². The van der Waals surface area contributed by atoms with Crippen LogP contribution in [0.1, 0.15) is 59.3 Å². The maximum atomic E-state index is 3.81. The Morgan fingerprint density at radius 1 is 1.07 bits per heavy atom. The highest BCUT2D eigenvalue weighted by molar-refractivity contribution is 5.85. The zero-order chi connectivity index (χ0) is 10.9. The highest BCUT2D eigenvalue weighted by atomic mass is 35.5. The Bertz CT molecular complexity index is 143. The number of hydrogen-bond acceptors (Lipinski definition) is 1. The molecule has 0 aromatic rings. The molecule has 0 bridgehead atoms. The topological polar surface area (TPSA) is 12.0 Å². The van der Waals surface area contributed by atoms with Gasteiger partial charge in [-0.2, -0.15) is 0 Å². The van der Waals surface area contributed by atoms with Crippen molar-refractivity contribution in [3.05, 3.63) is 12.7 Å². The van der Waals surface area contributed by atoms with Crippen LogP contribution in [-0.2, 0) is 0 Å². The van der Waals surface area contributed by atoms with Crippen LogP contribution in [0.5, 0.6) is 0 Å². The van der Waals surface area contributed by atoms with Crippen molar-refractivity contribution in [1.29, 1.82) is 0 Å². The molecule has 1 nitrogen and oxygen atoms in total. The van der Waals surface area contributed by atoms with E-state index in [4.69, 9.17) is 0 Å². The fraction of sp³-hybridized carbons (Fsp3) is 0.846. The van der Waals surface area contributed by atoms with Crippen LogP contribution >= 0.6 is 12.4 Å². The van der Waals surface area contributed by atoms with Crippen LogP contribution in [0.25, 0.3) is 0 Å². The summed E-state index contributed by atoms with van der Waals surface area (Å²) in [4.78, 5) is 0. The van der Waals surface area contributed by atoms with Crippen LogP contribution in [0.15, 0.2) is 12.7 Å². The predicted molar refractivity (Wildman–Crippen MR) is 72.9 cm³/mol. The van der Waals surface area contributed by atoms with Crippen molar-refractivity contribution in [3.8, 4) is 0 Å². The van der Waals surface area contributed by atoms with Crippen LogP contribution < -0.4 is 5.32 Å². The molecule has 0 atom stereocenters. The zero-order valence-electron chi connectivity index (χ0n) is 10.6. The molecule has 0 aromatic carbocycles. The number of rotatable bonds is 9. The van der Waals surface area contributed by atoms with Gasteiger partial charge in [0.2, 0.25) is 0 Å². The van der Waals surface area contributed by atoms with E-state index in [0.29, 0.717) is 0 Å². The van der Waals surface area contributed by atoms with Gasteiger partial charge in [-0.1, -0.05) is 45.1 Å². The minimum absolute atomic E-state index is 0. The number of hydrogen-bond donors (Lipinski definition) is 1. The summed E-state index contributed by atoms with van der Waals surface area (Å²) in [5, 5.41) is 3.48. The molecule has 92 valence electrons. The van der Waals surface area contributed by atoms with Crippen molar-refractivity contribution in [2.75, 3.05) is 6.54 Å². The van der Waals surface area contributed by atoms with Gasteiger partial charge in [-0.15, -0.1) is 19.0 Å². The lowest BCUT2D eigenvalue weighted by molar-refractivity contribution is 0.458. The second kappa shape index (κ2) is 10.5. The molecule has 15 heavy (non-hydrogen) atoms. The standard InChI is InChI=1S/C13H27N.ClH/c1-5-7-8-9-10-11-12-14-13(3,4)6-2;/h6,14H,2,5,7-12H2,1,3-4H3;1H. The molecule has 0 aromatic heterocycles. The number of nitrogens with one attached hydrogen (secondary N) is 1. The van der Waals surface area contributed by atoms with Gasteiger partial charge in [0.1, 0.15) is 0 Å². The van der Waals surface area contributed by atoms with E-state index in [-0.39, 0.29) is 17.9 Å². The second-order valence-corrected chi connectivity index (χ2v) is 4.62. The van der Waals surface area contributed by atoms with E-state index in [1.54, 1.807) is 0 Å². The Morgan fingerprint density at radius 2 is 1.60 bits per heavy atom. The molecular formula is C13H28ClN. The fourth-order valence-corrected chi connectivity index (χ4v) is 1.39. The molecule has 0 fully saturated rings. The monoisotopic (exact) mass is 233 g/mol. The van der Waals surface area contributed by atoms with E-state index in [1.165, 1.54) is 38.5 Å². The Morgan fingerprint density at radius 3 is 2.13 bits per heavy atom. The van der Waals surface area contributed by atoms with E-state index in [2.05, 4.69) is 32.7 Å². The van der Waals surface area contributed by atoms with Gasteiger partial charge in [0.25, 0.3) is 0 Å². The first-order valence-electron chi connectivity index (χ1n) is 6.01. The third kappa shape index (κ3) is 11.9. The lowest BCUT2D eigenvalue weighted by Gasteiger charge is -2.21. The Balaban J connectivity index is 0. The molecule has 0 spiro atoms. The summed E-state index contributed by atoms with van der Waals surface area (Å²) in [5.74, 6) is 0. The van der Waals surface area contributed by atoms with E-state index in [9.17, 15) is 0 Å². The summed E-state index contributed by atoms with van der Waals surface area (Å²) in [6.45, 7) is 11.5. The lowest BCUT2D eigenvalue weighted by Crippen LogP contribution is -2.37. The van der Waals surface area contributed by atoms with Gasteiger partial charge in [-0.3, -0.25) is 0 Å². The zero-order valence-corrected chi connectivity index (χ0v) is 11.5. The first-order chi connectivity index (χ1) is 6.62. The van der Waals surface area contributed by atoms with Crippen molar-refractivity contribution in [2.24, 2.45) is 0 Å². The molecule has 2 heteroatoms. The van der Waals surface area contributed by atoms with Crippen LogP contribution in [0.3, 0.4) is 0 Å². The third-order valence-corrected chi connectivity index (χ3v) is 2.62. The molecular weight excluding hydrogens is 206 g/mol. The van der Waals surface area contributed by atoms with E-state index < -0.39 is 0 Å². The molecule has 0 saturated heterocycles. The lowest BCUT2D eigenvalue weighted by atomic mass is 10.1. The van der Waals surface area contributed by atoms with Crippen molar-refractivity contribution >= 4 is 12.4 Å². The van der Waals surface area contributed by atoms with E-state index >= 15 is 0 Å². The Labute approximate surface area is 102 Å². The number of halogens is 1. The van der Waals surface area contributed by atoms with Crippen LogP contribution in [0, 0.1) is 0 Å². The smallest absolute Gasteiger partial charge is 0.0304 e. The molecule has 0 radical (unpaired) electrons. The molecule has 0 aliphatic heterocycles. The van der Waals surface area contributed by atoms with Crippen LogP contribution in [-0.4, -0.2) is 12.1 Å². The molecule has 0 heterocycles. The first kappa shape index (κ1) is 17.4. The Hall–Kier alpha value is -0.0100. The summed E-state index contributed by atoms with van der Waals surface area (Å²) in [5.41, 5.74) is 0.101. The summed E-state index contributed by atoms with van der Waals surface area (Å²) < 4.78 is 0. The van der Waals surface area contributed by atoms with Crippen molar-refractivity contribution in [2.45, 2.75) is 64.8 Å². The minimum Gasteiger partial charge on any atom is -0.308 e. The fourth-order valence-electron chi connectivity index (χ4n) is 1.39. The van der Waals surface area contributed by atoms with Gasteiger partial charge >= 0.3 is 0 Å². The van der Waals surface area contributed by atoms with Gasteiger partial charge in [-0.25, -0.2) is 0 Å². The van der Waals surface area contributed by atoms with Gasteiger partial charge < -0.3 is 5.32 Å². The molecule has 1 N–H and O–H groups in total. The normalized spacial score (nSPS) is 10.9. The summed E-state index contributed by atoms with van der Waals surface area (Å²) in [6, 6.07) is 0.